The summed E-state index contributed by atoms with van der Waals surface area (Å²) in [7, 11) is 0. The monoisotopic (exact) mass is 1100 g/mol. The molecule has 0 radical (unpaired) electrons. The van der Waals surface area contributed by atoms with Crippen LogP contribution >= 0.6 is 0 Å². The summed E-state index contributed by atoms with van der Waals surface area (Å²) in [6, 6.07) is -0.884. The summed E-state index contributed by atoms with van der Waals surface area (Å²) in [5.41, 5.74) is 0. The lowest BCUT2D eigenvalue weighted by Crippen LogP contribution is -2.66. The van der Waals surface area contributed by atoms with Crippen molar-refractivity contribution >= 4 is 5.91 Å². The Hall–Kier alpha value is -2.25. The van der Waals surface area contributed by atoms with Gasteiger partial charge in [0.2, 0.25) is 5.91 Å². The quantitative estimate of drug-likeness (QED) is 0.0291. The first-order valence-corrected chi connectivity index (χ1v) is 29.4. The summed E-state index contributed by atoms with van der Waals surface area (Å²) >= 11 is 0. The van der Waals surface area contributed by atoms with Gasteiger partial charge in [0, 0.05) is 6.42 Å². The van der Waals surface area contributed by atoms with Crippen LogP contribution in [-0.2, 0) is 33.2 Å². The number of carbonyl (C=O) groups is 1. The molecule has 3 saturated heterocycles. The van der Waals surface area contributed by atoms with Crippen LogP contribution in [0.1, 0.15) is 181 Å². The Bertz CT molecular complexity index is 1600. The minimum absolute atomic E-state index is 0.253. The highest BCUT2D eigenvalue weighted by Crippen LogP contribution is 2.33. The van der Waals surface area contributed by atoms with Gasteiger partial charge in [-0.05, 0) is 51.4 Å². The molecule has 77 heavy (non-hydrogen) atoms. The van der Waals surface area contributed by atoms with Crippen molar-refractivity contribution in [2.45, 2.75) is 285 Å². The predicted molar refractivity (Wildman–Crippen MR) is 291 cm³/mol. The van der Waals surface area contributed by atoms with E-state index in [1.165, 1.54) is 70.6 Å². The molecule has 448 valence electrons. The second kappa shape index (κ2) is 41.7. The van der Waals surface area contributed by atoms with Crippen molar-refractivity contribution in [3.05, 3.63) is 48.6 Å². The molecule has 0 aromatic rings. The molecule has 0 spiro atoms. The standard InChI is InChI=1S/C58H103NO18/c1-3-5-7-9-10-11-12-13-14-15-16-17-18-19-20-21-22-23-24-25-26-27-28-29-30-32-34-36-46(64)59-41(42(63)35-33-31-8-6-4-2)40-72-56-52(70)49(67)54(44(38-61)74-56)77-58-53(71)50(68)55(45(39-62)75-58)76-57-51(69)48(66)47(65)43(37-60)73-57/h5,7,10-11,13-14,16-17,41-45,47-58,60-63,65-71H,3-4,6,8-9,12,15,18-40H2,1-2H3,(H,59,64)/b7-5-,11-10-,14-13-,17-16-. The van der Waals surface area contributed by atoms with Crippen LogP contribution in [0, 0.1) is 0 Å². The molecule has 19 nitrogen and oxygen atoms in total. The van der Waals surface area contributed by atoms with E-state index >= 15 is 0 Å². The third kappa shape index (κ3) is 26.0. The summed E-state index contributed by atoms with van der Waals surface area (Å²) in [5, 5.41) is 120. The minimum atomic E-state index is -1.97. The van der Waals surface area contributed by atoms with Crippen molar-refractivity contribution in [3.63, 3.8) is 0 Å². The van der Waals surface area contributed by atoms with Crippen LogP contribution in [0.3, 0.4) is 0 Å². The van der Waals surface area contributed by atoms with Gasteiger partial charge >= 0.3 is 0 Å². The van der Waals surface area contributed by atoms with E-state index in [9.17, 15) is 61.0 Å². The largest absolute Gasteiger partial charge is 0.394 e. The Morgan fingerprint density at radius 2 is 0.896 bits per heavy atom. The molecule has 17 unspecified atom stereocenters. The van der Waals surface area contributed by atoms with Crippen LogP contribution in [0.4, 0.5) is 0 Å². The highest BCUT2D eigenvalue weighted by Gasteiger charge is 2.53. The van der Waals surface area contributed by atoms with E-state index < -0.39 is 124 Å². The molecule has 3 aliphatic heterocycles. The third-order valence-electron chi connectivity index (χ3n) is 14.7. The number of hydrogen-bond donors (Lipinski definition) is 12. The molecule has 12 N–H and O–H groups in total. The summed E-state index contributed by atoms with van der Waals surface area (Å²) in [5.74, 6) is -0.253. The Balaban J connectivity index is 1.35. The molecule has 0 bridgehead atoms. The Labute approximate surface area is 459 Å². The lowest BCUT2D eigenvalue weighted by molar-refractivity contribution is -0.379. The fraction of sp³-hybridized carbons (Fsp3) is 0.845. The molecular formula is C58H103NO18. The molecule has 0 aromatic heterocycles. The second-order valence-electron chi connectivity index (χ2n) is 21.1. The number of unbranched alkanes of at least 4 members (excludes halogenated alkanes) is 18. The topological polar surface area (TPSA) is 307 Å². The first-order valence-electron chi connectivity index (χ1n) is 29.4. The zero-order valence-corrected chi connectivity index (χ0v) is 46.4. The SMILES string of the molecule is CC/C=C\C/C=C\C/C=C\C/C=C\CCCCCCCCCCCCCCCCC(=O)NC(COC1OC(CO)C(OC2OC(CO)C(OC3OC(CO)C(O)C(O)C3O)C(O)C2O)C(O)C1O)C(O)CCCCCCC. The highest BCUT2D eigenvalue weighted by molar-refractivity contribution is 5.76. The van der Waals surface area contributed by atoms with Crippen LogP contribution in [0.25, 0.3) is 0 Å². The number of aliphatic hydroxyl groups excluding tert-OH is 11. The van der Waals surface area contributed by atoms with Gasteiger partial charge < -0.3 is 89.9 Å². The third-order valence-corrected chi connectivity index (χ3v) is 14.7. The van der Waals surface area contributed by atoms with Gasteiger partial charge in [-0.15, -0.1) is 0 Å². The Kier molecular flexibility index (Phi) is 37.4. The summed E-state index contributed by atoms with van der Waals surface area (Å²) in [6.07, 6.45) is 18.6. The number of nitrogens with one attached hydrogen (secondary N) is 1. The smallest absolute Gasteiger partial charge is 0.220 e. The molecule has 3 heterocycles. The van der Waals surface area contributed by atoms with Crippen LogP contribution in [0.5, 0.6) is 0 Å². The van der Waals surface area contributed by atoms with E-state index in [0.717, 1.165) is 77.0 Å². The maximum atomic E-state index is 13.2. The van der Waals surface area contributed by atoms with E-state index in [-0.39, 0.29) is 18.9 Å². The van der Waals surface area contributed by atoms with Crippen LogP contribution in [0.15, 0.2) is 48.6 Å². The number of allylic oxidation sites excluding steroid dienone is 8. The molecule has 3 rings (SSSR count). The van der Waals surface area contributed by atoms with Crippen molar-refractivity contribution < 1.29 is 89.4 Å². The minimum Gasteiger partial charge on any atom is -0.394 e. The van der Waals surface area contributed by atoms with Gasteiger partial charge in [0.25, 0.3) is 0 Å². The lowest BCUT2D eigenvalue weighted by atomic mass is 9.96. The first-order chi connectivity index (χ1) is 37.3. The van der Waals surface area contributed by atoms with Crippen molar-refractivity contribution in [2.24, 2.45) is 0 Å². The molecule has 19 heteroatoms. The molecule has 17 atom stereocenters. The van der Waals surface area contributed by atoms with Crippen LogP contribution in [-0.4, -0.2) is 193 Å². The normalized spacial score (nSPS) is 31.1. The van der Waals surface area contributed by atoms with Gasteiger partial charge in [-0.25, -0.2) is 0 Å². The number of hydrogen-bond acceptors (Lipinski definition) is 18. The summed E-state index contributed by atoms with van der Waals surface area (Å²) < 4.78 is 34.1. The molecule has 0 saturated carbocycles. The average molecular weight is 1100 g/mol. The van der Waals surface area contributed by atoms with Gasteiger partial charge in [-0.3, -0.25) is 4.79 Å². The predicted octanol–water partition coefficient (Wildman–Crippen LogP) is 4.70. The number of carbonyl (C=O) groups excluding carboxylic acids is 1. The number of amides is 1. The van der Waals surface area contributed by atoms with E-state index in [4.69, 9.17) is 28.4 Å². The molecule has 1 amide bonds. The fourth-order valence-electron chi connectivity index (χ4n) is 9.83. The van der Waals surface area contributed by atoms with E-state index in [1.807, 2.05) is 0 Å². The zero-order valence-electron chi connectivity index (χ0n) is 46.4. The fourth-order valence-corrected chi connectivity index (χ4v) is 9.83. The van der Waals surface area contributed by atoms with E-state index in [1.54, 1.807) is 0 Å². The molecule has 0 aromatic carbocycles. The van der Waals surface area contributed by atoms with Crippen molar-refractivity contribution in [2.75, 3.05) is 26.4 Å². The second-order valence-corrected chi connectivity index (χ2v) is 21.1. The maximum absolute atomic E-state index is 13.2. The number of ether oxygens (including phenoxy) is 6. The van der Waals surface area contributed by atoms with Gasteiger partial charge in [0.05, 0.1) is 38.6 Å². The Morgan fingerprint density at radius 3 is 1.40 bits per heavy atom. The molecular weight excluding hydrogens is 999 g/mol. The summed E-state index contributed by atoms with van der Waals surface area (Å²) in [6.45, 7) is 1.55. The summed E-state index contributed by atoms with van der Waals surface area (Å²) in [4.78, 5) is 13.2. The van der Waals surface area contributed by atoms with Crippen molar-refractivity contribution in [1.29, 1.82) is 0 Å². The van der Waals surface area contributed by atoms with Crippen LogP contribution in [0.2, 0.25) is 0 Å². The first kappa shape index (κ1) is 69.0. The molecule has 3 aliphatic rings. The average Bonchev–Trinajstić information content (AvgIpc) is 3.42. The number of aliphatic hydroxyl groups is 11. The zero-order chi connectivity index (χ0) is 56.2. The molecule has 0 aliphatic carbocycles. The highest BCUT2D eigenvalue weighted by atomic mass is 16.8. The van der Waals surface area contributed by atoms with Gasteiger partial charge in [0.1, 0.15) is 73.2 Å². The van der Waals surface area contributed by atoms with Gasteiger partial charge in [-0.1, -0.05) is 172 Å². The maximum Gasteiger partial charge on any atom is 0.220 e. The lowest BCUT2D eigenvalue weighted by Gasteiger charge is -2.48. The van der Waals surface area contributed by atoms with Crippen LogP contribution < -0.4 is 5.32 Å². The van der Waals surface area contributed by atoms with Crippen molar-refractivity contribution in [1.82, 2.24) is 5.32 Å². The molecule has 3 fully saturated rings. The Morgan fingerprint density at radius 1 is 0.481 bits per heavy atom. The van der Waals surface area contributed by atoms with Gasteiger partial charge in [0.15, 0.2) is 18.9 Å². The van der Waals surface area contributed by atoms with Crippen molar-refractivity contribution in [3.8, 4) is 0 Å². The van der Waals surface area contributed by atoms with E-state index in [0.29, 0.717) is 12.8 Å². The van der Waals surface area contributed by atoms with E-state index in [2.05, 4.69) is 67.8 Å². The van der Waals surface area contributed by atoms with Gasteiger partial charge in [-0.2, -0.15) is 0 Å². The number of rotatable bonds is 42.